The fourth-order valence-electron chi connectivity index (χ4n) is 8.53. The van der Waals surface area contributed by atoms with Gasteiger partial charge in [0, 0.05) is 33.2 Å². The summed E-state index contributed by atoms with van der Waals surface area (Å²) in [5.41, 5.74) is 2.42. The van der Waals surface area contributed by atoms with Crippen molar-refractivity contribution < 1.29 is 14.7 Å². The maximum atomic E-state index is 13.6. The summed E-state index contributed by atoms with van der Waals surface area (Å²) in [4.78, 5) is 31.5. The molecule has 2 N–H and O–H groups in total. The van der Waals surface area contributed by atoms with E-state index in [2.05, 4.69) is 15.5 Å². The number of piperazine rings is 1. The maximum absolute atomic E-state index is 13.6. The molecule has 5 aliphatic rings. The van der Waals surface area contributed by atoms with Gasteiger partial charge >= 0.3 is 0 Å². The minimum atomic E-state index is -0.422. The number of carbonyl (C=O) groups excluding carboxylic acids is 2. The average molecular weight is 572 g/mol. The van der Waals surface area contributed by atoms with Gasteiger partial charge in [0.1, 0.15) is 11.8 Å². The number of rotatable bonds is 7. The van der Waals surface area contributed by atoms with Crippen LogP contribution in [-0.4, -0.2) is 71.2 Å². The second-order valence-electron chi connectivity index (χ2n) is 12.9. The van der Waals surface area contributed by atoms with Crippen LogP contribution in [-0.2, 0) is 0 Å². The number of Topliss-reactive ketones (excluding diaryl/α,β-unsaturated/α-hetero) is 1. The number of benzene rings is 1. The number of amides is 1. The third-order valence-corrected chi connectivity index (χ3v) is 10.8. The van der Waals surface area contributed by atoms with E-state index >= 15 is 0 Å². The zero-order valence-electron chi connectivity index (χ0n) is 23.5. The van der Waals surface area contributed by atoms with Crippen LogP contribution in [0.15, 0.2) is 47.8 Å². The van der Waals surface area contributed by atoms with Crippen LogP contribution in [0.4, 0.5) is 5.82 Å². The number of carbonyl (C=O) groups is 2. The lowest BCUT2D eigenvalue weighted by molar-refractivity contribution is -0.0629. The summed E-state index contributed by atoms with van der Waals surface area (Å²) in [5, 5.41) is 23.9. The molecule has 4 bridgehead atoms. The van der Waals surface area contributed by atoms with E-state index in [-0.39, 0.29) is 22.9 Å². The molecule has 1 unspecified atom stereocenters. The number of aromatic nitrogens is 2. The molecule has 8 rings (SSSR count). The summed E-state index contributed by atoms with van der Waals surface area (Å²) in [6.45, 7) is 2.67. The van der Waals surface area contributed by atoms with Crippen LogP contribution in [0, 0.1) is 23.2 Å². The molecule has 214 valence electrons. The first kappa shape index (κ1) is 26.6. The van der Waals surface area contributed by atoms with E-state index in [0.29, 0.717) is 29.5 Å². The number of aromatic hydroxyl groups is 1. The van der Waals surface area contributed by atoms with E-state index in [4.69, 9.17) is 0 Å². The lowest BCUT2D eigenvalue weighted by atomic mass is 9.49. The third kappa shape index (κ3) is 5.14. The van der Waals surface area contributed by atoms with Crippen LogP contribution >= 0.6 is 11.3 Å². The molecular formula is C32H37N5O3S. The number of nitrogens with one attached hydrogen (secondary N) is 1. The zero-order chi connectivity index (χ0) is 28.1. The Hall–Kier alpha value is -3.30. The summed E-state index contributed by atoms with van der Waals surface area (Å²) in [5.74, 6) is 3.30. The molecule has 1 atom stereocenters. The van der Waals surface area contributed by atoms with Crippen molar-refractivity contribution in [3.05, 3.63) is 58.4 Å². The number of hydrogen-bond acceptors (Lipinski definition) is 8. The fraction of sp³-hybridized carbons (Fsp3) is 0.500. The van der Waals surface area contributed by atoms with E-state index in [9.17, 15) is 14.7 Å². The van der Waals surface area contributed by atoms with Gasteiger partial charge in [0.05, 0.1) is 4.88 Å². The number of anilines is 1. The Kier molecular flexibility index (Phi) is 6.82. The van der Waals surface area contributed by atoms with Gasteiger partial charge in [-0.2, -0.15) is 0 Å². The summed E-state index contributed by atoms with van der Waals surface area (Å²) in [7, 11) is 1.91. The molecule has 5 fully saturated rings. The van der Waals surface area contributed by atoms with Crippen molar-refractivity contribution in [2.24, 2.45) is 23.2 Å². The maximum Gasteiger partial charge on any atom is 0.274 e. The topological polar surface area (TPSA) is 98.7 Å². The molecule has 41 heavy (non-hydrogen) atoms. The van der Waals surface area contributed by atoms with Crippen molar-refractivity contribution in [2.75, 3.05) is 38.1 Å². The Labute approximate surface area is 244 Å². The standard InChI is InChI=1S/C32H37N5O3S/c1-36(19-32-14-20-9-21(15-32)11-22(10-20)16-32)31(40)26-5-6-29(35-34-26)37-8-7-33-17-27(37)30(39)28-13-24(18-41-28)23-3-2-4-25(38)12-23/h2-6,12-13,18,20-22,27,33,38H,7-11,14-17,19H2,1H3. The number of nitrogens with zero attached hydrogens (tertiary/aromatic N) is 4. The summed E-state index contributed by atoms with van der Waals surface area (Å²) in [6, 6.07) is 12.1. The lowest BCUT2D eigenvalue weighted by Crippen LogP contribution is -2.55. The first-order chi connectivity index (χ1) is 19.9. The molecule has 3 heterocycles. The molecule has 2 aromatic heterocycles. The minimum Gasteiger partial charge on any atom is -0.508 e. The predicted octanol–water partition coefficient (Wildman–Crippen LogP) is 4.86. The van der Waals surface area contributed by atoms with Crippen LogP contribution in [0.1, 0.15) is 58.7 Å². The quantitative estimate of drug-likeness (QED) is 0.391. The predicted molar refractivity (Wildman–Crippen MR) is 159 cm³/mol. The number of thiophene rings is 1. The van der Waals surface area contributed by atoms with Crippen LogP contribution in [0.25, 0.3) is 11.1 Å². The molecule has 8 nitrogen and oxygen atoms in total. The smallest absolute Gasteiger partial charge is 0.274 e. The van der Waals surface area contributed by atoms with Gasteiger partial charge in [-0.05, 0) is 109 Å². The second kappa shape index (κ2) is 10.5. The number of hydrogen-bond donors (Lipinski definition) is 2. The highest BCUT2D eigenvalue weighted by molar-refractivity contribution is 7.12. The number of phenols is 1. The number of phenolic OH excluding ortho intramolecular Hbond substituents is 1. The lowest BCUT2D eigenvalue weighted by Gasteiger charge is -2.57. The van der Waals surface area contributed by atoms with Gasteiger partial charge in [0.15, 0.2) is 17.3 Å². The van der Waals surface area contributed by atoms with Crippen molar-refractivity contribution in [3.63, 3.8) is 0 Å². The molecule has 4 aliphatic carbocycles. The molecule has 9 heteroatoms. The minimum absolute atomic E-state index is 0.0193. The molecule has 1 amide bonds. The Balaban J connectivity index is 1.04. The molecule has 1 aliphatic heterocycles. The van der Waals surface area contributed by atoms with Gasteiger partial charge in [-0.15, -0.1) is 21.5 Å². The summed E-state index contributed by atoms with van der Waals surface area (Å²) >= 11 is 1.41. The monoisotopic (exact) mass is 571 g/mol. The largest absolute Gasteiger partial charge is 0.508 e. The Bertz CT molecular complexity index is 1420. The Morgan fingerprint density at radius 3 is 2.49 bits per heavy atom. The highest BCUT2D eigenvalue weighted by atomic mass is 32.1. The fourth-order valence-corrected chi connectivity index (χ4v) is 9.43. The summed E-state index contributed by atoms with van der Waals surface area (Å²) in [6.07, 6.45) is 7.97. The van der Waals surface area contributed by atoms with Crippen LogP contribution in [0.3, 0.4) is 0 Å². The van der Waals surface area contributed by atoms with E-state index < -0.39 is 6.04 Å². The molecule has 1 aromatic carbocycles. The molecule has 0 spiro atoms. The van der Waals surface area contributed by atoms with Gasteiger partial charge in [0.25, 0.3) is 5.91 Å². The molecule has 1 saturated heterocycles. The van der Waals surface area contributed by atoms with Gasteiger partial charge in [-0.3, -0.25) is 9.59 Å². The van der Waals surface area contributed by atoms with E-state index in [1.54, 1.807) is 24.3 Å². The van der Waals surface area contributed by atoms with Gasteiger partial charge in [0.2, 0.25) is 0 Å². The first-order valence-corrected chi connectivity index (χ1v) is 15.7. The highest BCUT2D eigenvalue weighted by Crippen LogP contribution is 2.60. The van der Waals surface area contributed by atoms with Crippen molar-refractivity contribution in [2.45, 2.75) is 44.6 Å². The van der Waals surface area contributed by atoms with Crippen molar-refractivity contribution in [1.29, 1.82) is 0 Å². The highest BCUT2D eigenvalue weighted by Gasteiger charge is 2.51. The molecule has 3 aromatic rings. The van der Waals surface area contributed by atoms with Gasteiger partial charge in [-0.25, -0.2) is 0 Å². The second-order valence-corrected chi connectivity index (χ2v) is 13.8. The Morgan fingerprint density at radius 1 is 1.05 bits per heavy atom. The average Bonchev–Trinajstić information content (AvgIpc) is 3.46. The van der Waals surface area contributed by atoms with Gasteiger partial charge < -0.3 is 20.2 Å². The van der Waals surface area contributed by atoms with Crippen molar-refractivity contribution >= 4 is 28.8 Å². The SMILES string of the molecule is CN(CC12CC3CC(CC(C3)C1)C2)C(=O)c1ccc(N2CCNCC2C(=O)c2cc(-c3cccc(O)c3)cs2)nn1. The van der Waals surface area contributed by atoms with E-state index in [1.165, 1.54) is 49.9 Å². The normalized spacial score (nSPS) is 28.6. The van der Waals surface area contributed by atoms with Crippen LogP contribution < -0.4 is 10.2 Å². The first-order valence-electron chi connectivity index (χ1n) is 14.8. The van der Waals surface area contributed by atoms with E-state index in [0.717, 1.165) is 42.0 Å². The molecule has 4 saturated carbocycles. The summed E-state index contributed by atoms with van der Waals surface area (Å²) < 4.78 is 0. The Morgan fingerprint density at radius 2 is 1.80 bits per heavy atom. The van der Waals surface area contributed by atoms with Crippen molar-refractivity contribution in [1.82, 2.24) is 20.4 Å². The van der Waals surface area contributed by atoms with E-state index in [1.807, 2.05) is 40.4 Å². The zero-order valence-corrected chi connectivity index (χ0v) is 24.3. The van der Waals surface area contributed by atoms with Crippen molar-refractivity contribution in [3.8, 4) is 16.9 Å². The van der Waals surface area contributed by atoms with Gasteiger partial charge in [-0.1, -0.05) is 12.1 Å². The molecule has 0 radical (unpaired) electrons. The number of ketones is 1. The van der Waals surface area contributed by atoms with Crippen LogP contribution in [0.2, 0.25) is 0 Å². The third-order valence-electron chi connectivity index (χ3n) is 9.82. The van der Waals surface area contributed by atoms with Crippen LogP contribution in [0.5, 0.6) is 5.75 Å². The molecular weight excluding hydrogens is 534 g/mol.